The summed E-state index contributed by atoms with van der Waals surface area (Å²) in [6.07, 6.45) is 0. The Morgan fingerprint density at radius 2 is 0.926 bits per heavy atom. The van der Waals surface area contributed by atoms with Gasteiger partial charge in [-0.15, -0.1) is 0 Å². The fourth-order valence-electron chi connectivity index (χ4n) is 2.40. The quantitative estimate of drug-likeness (QED) is 0.518. The van der Waals surface area contributed by atoms with Crippen LogP contribution in [0.25, 0.3) is 21.9 Å². The molecule has 5 nitrogen and oxygen atoms in total. The Kier molecular flexibility index (Phi) is 4.76. The van der Waals surface area contributed by atoms with Gasteiger partial charge in [0, 0.05) is 5.39 Å². The molecule has 0 unspecified atom stereocenters. The molecule has 0 spiro atoms. The molecule has 2 aromatic rings. The zero-order valence-corrected chi connectivity index (χ0v) is 12.6. The molecule has 0 fully saturated rings. The summed E-state index contributed by atoms with van der Waals surface area (Å²) >= 11 is 0. The minimum Gasteiger partial charge on any atom is -0.205 e. The highest BCUT2D eigenvalue weighted by molar-refractivity contribution is 5.93. The van der Waals surface area contributed by atoms with Gasteiger partial charge in [-0.3, -0.25) is 0 Å². The molecule has 27 heavy (non-hydrogen) atoms. The molecule has 10 heteroatoms. The minimum atomic E-state index is -2.13. The van der Waals surface area contributed by atoms with E-state index in [9.17, 15) is 22.0 Å². The Hall–Kier alpha value is -4.46. The molecule has 0 aliphatic rings. The largest absolute Gasteiger partial charge is 0.205 e. The molecule has 2 rings (SSSR count). The normalized spacial score (nSPS) is 9.48. The summed E-state index contributed by atoms with van der Waals surface area (Å²) in [5.41, 5.74) is -3.58. The van der Waals surface area contributed by atoms with E-state index in [2.05, 4.69) is 0 Å². The zero-order valence-electron chi connectivity index (χ0n) is 12.6. The molecule has 0 aliphatic carbocycles. The Bertz CT molecular complexity index is 1340. The summed E-state index contributed by atoms with van der Waals surface area (Å²) in [4.78, 5) is 0. The van der Waals surface area contributed by atoms with Crippen molar-refractivity contribution in [3.05, 3.63) is 45.1 Å². The molecule has 0 radical (unpaired) electrons. The summed E-state index contributed by atoms with van der Waals surface area (Å²) in [6, 6.07) is 5.71. The van der Waals surface area contributed by atoms with Crippen molar-refractivity contribution in [3.8, 4) is 30.3 Å². The van der Waals surface area contributed by atoms with E-state index in [1.165, 1.54) is 18.2 Å². The fraction of sp³-hybridized carbons (Fsp3) is 0. The molecule has 0 saturated carbocycles. The number of fused-ring (bicyclic) bond motifs is 1. The van der Waals surface area contributed by atoms with Gasteiger partial charge in [0.25, 0.3) is 0 Å². The van der Waals surface area contributed by atoms with Crippen molar-refractivity contribution in [2.45, 2.75) is 0 Å². The number of hydrogen-bond donors (Lipinski definition) is 0. The van der Waals surface area contributed by atoms with Crippen LogP contribution < -0.4 is 10.4 Å². The number of nitrogens with zero attached hydrogens (tertiary/aromatic N) is 5. The van der Waals surface area contributed by atoms with E-state index < -0.39 is 67.0 Å². The van der Waals surface area contributed by atoms with E-state index in [1.54, 1.807) is 0 Å². The number of halogens is 5. The van der Waals surface area contributed by atoms with Crippen LogP contribution in [0.5, 0.6) is 0 Å². The molecule has 2 aromatic carbocycles. The molecule has 0 atom stereocenters. The van der Waals surface area contributed by atoms with Crippen LogP contribution in [0.3, 0.4) is 0 Å². The third kappa shape index (κ3) is 2.48. The van der Waals surface area contributed by atoms with Gasteiger partial charge in [-0.2, -0.15) is 26.3 Å². The van der Waals surface area contributed by atoms with Gasteiger partial charge < -0.3 is 0 Å². The fourth-order valence-corrected chi connectivity index (χ4v) is 2.40. The lowest BCUT2D eigenvalue weighted by atomic mass is 9.96. The highest BCUT2D eigenvalue weighted by Crippen LogP contribution is 2.27. The van der Waals surface area contributed by atoms with E-state index in [1.807, 2.05) is 0 Å². The molecule has 0 heterocycles. The van der Waals surface area contributed by atoms with Gasteiger partial charge in [0.1, 0.15) is 47.3 Å². The van der Waals surface area contributed by atoms with Crippen LogP contribution in [-0.2, 0) is 0 Å². The first-order valence-corrected chi connectivity index (χ1v) is 6.56. The molecule has 0 aliphatic heterocycles. The first-order chi connectivity index (χ1) is 12.8. The topological polar surface area (TPSA) is 119 Å². The van der Waals surface area contributed by atoms with Crippen molar-refractivity contribution in [2.75, 3.05) is 0 Å². The predicted octanol–water partition coefficient (Wildman–Crippen LogP) is 1.80. The molecule has 0 aromatic heterocycles. The highest BCUT2D eigenvalue weighted by atomic mass is 19.2. The van der Waals surface area contributed by atoms with Gasteiger partial charge in [-0.05, 0) is 0 Å². The zero-order chi connectivity index (χ0) is 20.5. The van der Waals surface area contributed by atoms with Crippen molar-refractivity contribution in [1.82, 2.24) is 0 Å². The van der Waals surface area contributed by atoms with Crippen LogP contribution in [-0.4, -0.2) is 0 Å². The van der Waals surface area contributed by atoms with E-state index in [-0.39, 0.29) is 0 Å². The summed E-state index contributed by atoms with van der Waals surface area (Å²) in [7, 11) is 0. The van der Waals surface area contributed by atoms with Gasteiger partial charge in [-0.25, -0.2) is 22.0 Å². The SMILES string of the molecule is N#CC(C#N)=c1c(F)c(F)c2c(C#N)c(=C(C#N)C#N)c(F)c(F)c2c1F. The van der Waals surface area contributed by atoms with Crippen LogP contribution in [0.4, 0.5) is 22.0 Å². The maximum absolute atomic E-state index is 14.6. The van der Waals surface area contributed by atoms with Crippen molar-refractivity contribution in [1.29, 1.82) is 26.3 Å². The van der Waals surface area contributed by atoms with Crippen LogP contribution in [0.1, 0.15) is 5.56 Å². The number of hydrogen-bond acceptors (Lipinski definition) is 5. The third-order valence-corrected chi connectivity index (χ3v) is 3.51. The van der Waals surface area contributed by atoms with Crippen molar-refractivity contribution in [2.24, 2.45) is 0 Å². The standard InChI is InChI=1S/C17F5N5/c18-13-10(7(3-25)4-26)15(20)16(21)11-8(5-27)9(6(1-23)2-24)14(19)17(22)12(11)13. The van der Waals surface area contributed by atoms with Crippen molar-refractivity contribution < 1.29 is 22.0 Å². The first-order valence-electron chi connectivity index (χ1n) is 6.56. The molecule has 0 bridgehead atoms. The molecular weight excluding hydrogens is 369 g/mol. The van der Waals surface area contributed by atoms with Crippen molar-refractivity contribution >= 4 is 21.9 Å². The number of rotatable bonds is 0. The molecule has 0 amide bonds. The lowest BCUT2D eigenvalue weighted by Crippen LogP contribution is -2.25. The smallest absolute Gasteiger partial charge is 0.171 e. The van der Waals surface area contributed by atoms with Crippen molar-refractivity contribution in [3.63, 3.8) is 0 Å². The number of nitriles is 5. The second-order valence-electron chi connectivity index (χ2n) is 4.75. The predicted molar refractivity (Wildman–Crippen MR) is 77.0 cm³/mol. The van der Waals surface area contributed by atoms with E-state index >= 15 is 0 Å². The summed E-state index contributed by atoms with van der Waals surface area (Å²) in [5.74, 6) is -10.3. The average Bonchev–Trinajstić information content (AvgIpc) is 2.67. The first kappa shape index (κ1) is 18.9. The molecule has 128 valence electrons. The highest BCUT2D eigenvalue weighted by Gasteiger charge is 2.28. The monoisotopic (exact) mass is 369 g/mol. The van der Waals surface area contributed by atoms with Gasteiger partial charge in [0.15, 0.2) is 23.3 Å². The van der Waals surface area contributed by atoms with Gasteiger partial charge in [0.05, 0.1) is 21.4 Å². The Morgan fingerprint density at radius 1 is 0.519 bits per heavy atom. The van der Waals surface area contributed by atoms with E-state index in [4.69, 9.17) is 26.3 Å². The van der Waals surface area contributed by atoms with E-state index in [0.717, 1.165) is 12.1 Å². The van der Waals surface area contributed by atoms with Crippen LogP contribution >= 0.6 is 0 Å². The Balaban J connectivity index is 3.56. The van der Waals surface area contributed by atoms with Crippen LogP contribution in [0.15, 0.2) is 0 Å². The minimum absolute atomic E-state index is 1.09. The average molecular weight is 369 g/mol. The van der Waals surface area contributed by atoms with Crippen LogP contribution in [0, 0.1) is 85.7 Å². The van der Waals surface area contributed by atoms with Gasteiger partial charge >= 0.3 is 0 Å². The maximum Gasteiger partial charge on any atom is 0.171 e. The lowest BCUT2D eigenvalue weighted by Gasteiger charge is -2.09. The Labute approximate surface area is 146 Å². The second-order valence-corrected chi connectivity index (χ2v) is 4.75. The second kappa shape index (κ2) is 6.81. The van der Waals surface area contributed by atoms with Crippen LogP contribution in [0.2, 0.25) is 0 Å². The summed E-state index contributed by atoms with van der Waals surface area (Å²) in [6.45, 7) is 0. The maximum atomic E-state index is 14.6. The summed E-state index contributed by atoms with van der Waals surface area (Å²) in [5, 5.41) is 38.6. The Morgan fingerprint density at radius 3 is 1.37 bits per heavy atom. The lowest BCUT2D eigenvalue weighted by molar-refractivity contribution is 0.484. The van der Waals surface area contributed by atoms with Gasteiger partial charge in [0.2, 0.25) is 0 Å². The van der Waals surface area contributed by atoms with Gasteiger partial charge in [-0.1, -0.05) is 0 Å². The van der Waals surface area contributed by atoms with E-state index in [0.29, 0.717) is 0 Å². The number of benzene rings is 2. The molecular formula is C17F5N5. The summed E-state index contributed by atoms with van der Waals surface area (Å²) < 4.78 is 72.1. The molecule has 0 N–H and O–H groups in total. The third-order valence-electron chi connectivity index (χ3n) is 3.51. The molecule has 0 saturated heterocycles.